The molecule has 3 aromatic carbocycles. The lowest BCUT2D eigenvalue weighted by molar-refractivity contribution is -0.147. The predicted molar refractivity (Wildman–Crippen MR) is 122 cm³/mol. The number of sulfonamides is 1. The molecule has 9 heteroatoms. The number of nitrogens with one attached hydrogen (secondary N) is 1. The zero-order valence-electron chi connectivity index (χ0n) is 16.7. The van der Waals surface area contributed by atoms with Crippen molar-refractivity contribution in [3.63, 3.8) is 0 Å². The lowest BCUT2D eigenvalue weighted by atomic mass is 10.1. The van der Waals surface area contributed by atoms with E-state index in [1.807, 2.05) is 12.1 Å². The Morgan fingerprint density at radius 3 is 2.16 bits per heavy atom. The van der Waals surface area contributed by atoms with Crippen LogP contribution >= 0.6 is 23.2 Å². The molecule has 0 aliphatic carbocycles. The first-order valence-electron chi connectivity index (χ1n) is 9.46. The van der Waals surface area contributed by atoms with Crippen LogP contribution in [-0.2, 0) is 32.6 Å². The molecule has 1 N–H and O–H groups in total. The van der Waals surface area contributed by atoms with Gasteiger partial charge in [0.2, 0.25) is 10.0 Å². The van der Waals surface area contributed by atoms with Crippen LogP contribution in [0.5, 0.6) is 0 Å². The van der Waals surface area contributed by atoms with E-state index < -0.39 is 22.0 Å². The summed E-state index contributed by atoms with van der Waals surface area (Å²) in [6.45, 7) is -0.0790. The summed E-state index contributed by atoms with van der Waals surface area (Å²) in [5.74, 6) is -0.759. The number of nitrogens with zero attached hydrogens (tertiary/aromatic N) is 1. The van der Waals surface area contributed by atoms with Gasteiger partial charge in [-0.2, -0.15) is 9.98 Å². The molecule has 0 aliphatic rings. The monoisotopic (exact) mass is 488 g/mol. The van der Waals surface area contributed by atoms with Crippen molar-refractivity contribution in [1.82, 2.24) is 4.72 Å². The molecule has 164 valence electrons. The van der Waals surface area contributed by atoms with Crippen LogP contribution in [0.4, 0.5) is 0 Å². The maximum absolute atomic E-state index is 13.0. The first-order chi connectivity index (χ1) is 15.3. The maximum Gasteiger partial charge on any atom is 0.324 e. The van der Waals surface area contributed by atoms with Crippen molar-refractivity contribution in [2.24, 2.45) is 0 Å². The fourth-order valence-electron chi connectivity index (χ4n) is 2.94. The quantitative estimate of drug-likeness (QED) is 0.470. The van der Waals surface area contributed by atoms with Crippen LogP contribution in [0.15, 0.2) is 77.7 Å². The maximum atomic E-state index is 13.0. The van der Waals surface area contributed by atoms with Gasteiger partial charge in [-0.25, -0.2) is 8.42 Å². The second-order valence-corrected chi connectivity index (χ2v) is 9.30. The Hall–Kier alpha value is -2.89. The number of nitriles is 1. The Labute approximate surface area is 196 Å². The number of carbonyl (C=O) groups excluding carboxylic acids is 1. The summed E-state index contributed by atoms with van der Waals surface area (Å²) in [6.07, 6.45) is 0.0638. The third-order valence-electron chi connectivity index (χ3n) is 4.52. The molecule has 0 saturated heterocycles. The van der Waals surface area contributed by atoms with Gasteiger partial charge in [-0.3, -0.25) is 4.79 Å². The summed E-state index contributed by atoms with van der Waals surface area (Å²) in [6, 6.07) is 20.6. The van der Waals surface area contributed by atoms with Crippen LogP contribution in [-0.4, -0.2) is 20.4 Å². The number of esters is 1. The highest BCUT2D eigenvalue weighted by Crippen LogP contribution is 2.29. The highest BCUT2D eigenvalue weighted by molar-refractivity contribution is 7.89. The van der Waals surface area contributed by atoms with E-state index in [1.54, 1.807) is 48.5 Å². The fourth-order valence-corrected chi connectivity index (χ4v) is 5.27. The van der Waals surface area contributed by atoms with Crippen molar-refractivity contribution in [1.29, 1.82) is 5.26 Å². The van der Waals surface area contributed by atoms with Crippen LogP contribution < -0.4 is 4.72 Å². The molecule has 0 radical (unpaired) electrons. The Kier molecular flexibility index (Phi) is 7.89. The first-order valence-corrected chi connectivity index (χ1v) is 11.7. The number of hydrogen-bond acceptors (Lipinski definition) is 5. The number of ether oxygens (including phenoxy) is 1. The second-order valence-electron chi connectivity index (χ2n) is 6.83. The van der Waals surface area contributed by atoms with Gasteiger partial charge in [-0.1, -0.05) is 71.7 Å². The zero-order chi connectivity index (χ0) is 23.1. The molecule has 0 amide bonds. The topological polar surface area (TPSA) is 96.3 Å². The third-order valence-corrected chi connectivity index (χ3v) is 6.94. The molecule has 32 heavy (non-hydrogen) atoms. The van der Waals surface area contributed by atoms with Crippen molar-refractivity contribution in [2.45, 2.75) is 24.0 Å². The summed E-state index contributed by atoms with van der Waals surface area (Å²) >= 11 is 12.1. The largest absolute Gasteiger partial charge is 0.460 e. The minimum absolute atomic E-state index is 0.0607. The van der Waals surface area contributed by atoms with E-state index in [2.05, 4.69) is 4.72 Å². The Balaban J connectivity index is 1.82. The van der Waals surface area contributed by atoms with Crippen molar-refractivity contribution in [2.75, 3.05) is 0 Å². The summed E-state index contributed by atoms with van der Waals surface area (Å²) in [5, 5.41) is 8.76. The van der Waals surface area contributed by atoms with Crippen LogP contribution in [0.3, 0.4) is 0 Å². The van der Waals surface area contributed by atoms with E-state index in [0.29, 0.717) is 11.1 Å². The average molecular weight is 489 g/mol. The summed E-state index contributed by atoms with van der Waals surface area (Å²) in [7, 11) is -4.23. The fraction of sp³-hybridized carbons (Fsp3) is 0.130. The van der Waals surface area contributed by atoms with Gasteiger partial charge in [0.1, 0.15) is 17.5 Å². The van der Waals surface area contributed by atoms with Gasteiger partial charge in [0.25, 0.3) is 0 Å². The molecule has 3 rings (SSSR count). The van der Waals surface area contributed by atoms with Crippen LogP contribution in [0.2, 0.25) is 10.0 Å². The van der Waals surface area contributed by atoms with E-state index in [9.17, 15) is 13.2 Å². The van der Waals surface area contributed by atoms with Gasteiger partial charge in [0.05, 0.1) is 21.7 Å². The molecule has 3 aromatic rings. The number of benzene rings is 3. The number of rotatable bonds is 8. The van der Waals surface area contributed by atoms with Crippen LogP contribution in [0.1, 0.15) is 16.7 Å². The van der Waals surface area contributed by atoms with E-state index in [-0.39, 0.29) is 28.0 Å². The molecule has 0 unspecified atom stereocenters. The van der Waals surface area contributed by atoms with E-state index in [0.717, 1.165) is 5.56 Å². The van der Waals surface area contributed by atoms with E-state index >= 15 is 0 Å². The van der Waals surface area contributed by atoms with E-state index in [1.165, 1.54) is 18.2 Å². The standard InChI is InChI=1S/C23H18Cl2N2O4S/c24-19-7-4-8-20(25)22(19)32(29,30)27-21(13-16-5-2-1-3-6-16)23(28)31-15-18-11-9-17(14-26)10-12-18/h1-12,21,27H,13,15H2/t21-/m0/s1. The Morgan fingerprint density at radius 1 is 0.938 bits per heavy atom. The molecule has 0 fully saturated rings. The minimum Gasteiger partial charge on any atom is -0.460 e. The lowest BCUT2D eigenvalue weighted by Crippen LogP contribution is -2.43. The highest BCUT2D eigenvalue weighted by atomic mass is 35.5. The molecular formula is C23H18Cl2N2O4S. The third kappa shape index (κ3) is 6.09. The first kappa shape index (κ1) is 23.8. The highest BCUT2D eigenvalue weighted by Gasteiger charge is 2.30. The molecule has 6 nitrogen and oxygen atoms in total. The summed E-state index contributed by atoms with van der Waals surface area (Å²) in [5.41, 5.74) is 1.88. The van der Waals surface area contributed by atoms with Gasteiger partial charge in [-0.05, 0) is 41.8 Å². The molecule has 0 aliphatic heterocycles. The zero-order valence-corrected chi connectivity index (χ0v) is 19.0. The van der Waals surface area contributed by atoms with Crippen LogP contribution in [0.25, 0.3) is 0 Å². The summed E-state index contributed by atoms with van der Waals surface area (Å²) in [4.78, 5) is 12.6. The number of carbonyl (C=O) groups is 1. The Bertz CT molecular complexity index is 1220. The van der Waals surface area contributed by atoms with Crippen molar-refractivity contribution < 1.29 is 17.9 Å². The molecule has 0 aromatic heterocycles. The molecule has 0 heterocycles. The smallest absolute Gasteiger partial charge is 0.324 e. The normalized spacial score (nSPS) is 12.0. The predicted octanol–water partition coefficient (Wildman–Crippen LogP) is 4.50. The SMILES string of the molecule is N#Cc1ccc(COC(=O)[C@H](Cc2ccccc2)NS(=O)(=O)c2c(Cl)cccc2Cl)cc1. The van der Waals surface area contributed by atoms with Gasteiger partial charge in [0.15, 0.2) is 0 Å². The van der Waals surface area contributed by atoms with Crippen LogP contribution in [0, 0.1) is 11.3 Å². The minimum atomic E-state index is -4.23. The van der Waals surface area contributed by atoms with Gasteiger partial charge in [0, 0.05) is 0 Å². The summed E-state index contributed by atoms with van der Waals surface area (Å²) < 4.78 is 33.8. The van der Waals surface area contributed by atoms with Gasteiger partial charge in [-0.15, -0.1) is 0 Å². The molecular weight excluding hydrogens is 471 g/mol. The lowest BCUT2D eigenvalue weighted by Gasteiger charge is -2.19. The number of hydrogen-bond donors (Lipinski definition) is 1. The van der Waals surface area contributed by atoms with Crippen molar-refractivity contribution in [3.8, 4) is 6.07 Å². The molecule has 0 spiro atoms. The van der Waals surface area contributed by atoms with Crippen molar-refractivity contribution in [3.05, 3.63) is 99.5 Å². The second kappa shape index (κ2) is 10.6. The number of halogens is 2. The van der Waals surface area contributed by atoms with Crippen molar-refractivity contribution >= 4 is 39.2 Å². The Morgan fingerprint density at radius 2 is 1.56 bits per heavy atom. The average Bonchev–Trinajstić information content (AvgIpc) is 2.77. The molecule has 0 saturated carbocycles. The van der Waals surface area contributed by atoms with Gasteiger partial charge < -0.3 is 4.74 Å². The van der Waals surface area contributed by atoms with E-state index in [4.69, 9.17) is 33.2 Å². The molecule has 1 atom stereocenters. The molecule has 0 bridgehead atoms. The van der Waals surface area contributed by atoms with Gasteiger partial charge >= 0.3 is 5.97 Å².